The van der Waals surface area contributed by atoms with E-state index in [1.54, 1.807) is 62.4 Å². The largest absolute Gasteiger partial charge is 0.490 e. The zero-order valence-electron chi connectivity index (χ0n) is 16.6. The Bertz CT molecular complexity index is 1010. The molecule has 0 radical (unpaired) electrons. The van der Waals surface area contributed by atoms with E-state index < -0.39 is 0 Å². The monoisotopic (exact) mass is 394 g/mol. The van der Waals surface area contributed by atoms with E-state index in [9.17, 15) is 0 Å². The van der Waals surface area contributed by atoms with E-state index in [0.29, 0.717) is 35.9 Å². The van der Waals surface area contributed by atoms with Crippen molar-refractivity contribution in [3.63, 3.8) is 0 Å². The van der Waals surface area contributed by atoms with E-state index in [1.165, 1.54) is 0 Å². The Labute approximate surface area is 175 Å². The summed E-state index contributed by atoms with van der Waals surface area (Å²) >= 11 is 0. The normalized spacial score (nSPS) is 9.13. The van der Waals surface area contributed by atoms with E-state index in [-0.39, 0.29) is 11.1 Å². The van der Waals surface area contributed by atoms with Crippen molar-refractivity contribution >= 4 is 11.1 Å². The van der Waals surface area contributed by atoms with Gasteiger partial charge in [0.05, 0.1) is 0 Å². The fourth-order valence-electron chi connectivity index (χ4n) is 2.60. The highest BCUT2D eigenvalue weighted by Crippen LogP contribution is 2.22. The van der Waals surface area contributed by atoms with Gasteiger partial charge < -0.3 is 9.47 Å². The van der Waals surface area contributed by atoms with E-state index in [1.807, 2.05) is 24.3 Å². The molecule has 0 spiro atoms. The standard InChI is InChI=1S/C24H18N4O2/c1-17(21(13-25)14-26)19-3-7-23(8-4-19)29-11-12-30-24-9-5-20(6-10-24)18(2)22(15-27)16-28/h3-10H,11-12H2,1-2H3. The van der Waals surface area contributed by atoms with Crippen LogP contribution in [0, 0.1) is 45.3 Å². The maximum atomic E-state index is 8.94. The first-order chi connectivity index (χ1) is 14.5. The Hall–Kier alpha value is -4.52. The lowest BCUT2D eigenvalue weighted by Crippen LogP contribution is -2.09. The maximum Gasteiger partial charge on any atom is 0.133 e. The van der Waals surface area contributed by atoms with Gasteiger partial charge in [-0.25, -0.2) is 0 Å². The van der Waals surface area contributed by atoms with Crippen molar-refractivity contribution in [3.05, 3.63) is 70.8 Å². The summed E-state index contributed by atoms with van der Waals surface area (Å²) < 4.78 is 11.3. The SMILES string of the molecule is CC(=C(C#N)C#N)c1ccc(OCCOc2ccc(C(C)=C(C#N)C#N)cc2)cc1. The molecule has 0 amide bonds. The van der Waals surface area contributed by atoms with Gasteiger partial charge in [-0.2, -0.15) is 21.0 Å². The molecule has 0 unspecified atom stereocenters. The molecule has 0 saturated heterocycles. The van der Waals surface area contributed by atoms with Gasteiger partial charge in [0.25, 0.3) is 0 Å². The molecule has 0 atom stereocenters. The molecule has 0 heterocycles. The summed E-state index contributed by atoms with van der Waals surface area (Å²) in [5, 5.41) is 35.8. The van der Waals surface area contributed by atoms with Gasteiger partial charge in [-0.15, -0.1) is 0 Å². The number of ether oxygens (including phenoxy) is 2. The number of hydrogen-bond acceptors (Lipinski definition) is 6. The second-order valence-corrected chi connectivity index (χ2v) is 6.19. The molecular formula is C24H18N4O2. The molecule has 2 rings (SSSR count). The maximum absolute atomic E-state index is 8.94. The van der Waals surface area contributed by atoms with Crippen molar-refractivity contribution in [1.82, 2.24) is 0 Å². The number of nitriles is 4. The van der Waals surface area contributed by atoms with E-state index >= 15 is 0 Å². The third kappa shape index (κ3) is 5.49. The first-order valence-electron chi connectivity index (χ1n) is 9.02. The average molecular weight is 394 g/mol. The van der Waals surface area contributed by atoms with Gasteiger partial charge in [-0.1, -0.05) is 24.3 Å². The number of rotatable bonds is 7. The summed E-state index contributed by atoms with van der Waals surface area (Å²) in [5.41, 5.74) is 3.00. The first-order valence-corrected chi connectivity index (χ1v) is 9.02. The van der Waals surface area contributed by atoms with Crippen molar-refractivity contribution < 1.29 is 9.47 Å². The predicted octanol–water partition coefficient (Wildman–Crippen LogP) is 4.79. The third-order valence-electron chi connectivity index (χ3n) is 4.39. The van der Waals surface area contributed by atoms with Gasteiger partial charge in [0, 0.05) is 0 Å². The van der Waals surface area contributed by atoms with Gasteiger partial charge in [0.2, 0.25) is 0 Å². The van der Waals surface area contributed by atoms with Crippen LogP contribution in [-0.4, -0.2) is 13.2 Å². The van der Waals surface area contributed by atoms with Crippen LogP contribution in [0.15, 0.2) is 59.7 Å². The lowest BCUT2D eigenvalue weighted by Gasteiger charge is -2.10. The predicted molar refractivity (Wildman–Crippen MR) is 112 cm³/mol. The van der Waals surface area contributed by atoms with Gasteiger partial charge in [0.1, 0.15) is 60.1 Å². The fourth-order valence-corrected chi connectivity index (χ4v) is 2.60. The molecule has 6 heteroatoms. The number of nitrogens with zero attached hydrogens (tertiary/aromatic N) is 4. The molecule has 0 fully saturated rings. The quantitative estimate of drug-likeness (QED) is 0.493. The Balaban J connectivity index is 1.89. The van der Waals surface area contributed by atoms with Crippen LogP contribution >= 0.6 is 0 Å². The highest BCUT2D eigenvalue weighted by atomic mass is 16.5. The van der Waals surface area contributed by atoms with Crippen molar-refractivity contribution in [2.45, 2.75) is 13.8 Å². The molecule has 0 N–H and O–H groups in total. The minimum absolute atomic E-state index is 0.0882. The van der Waals surface area contributed by atoms with Crippen molar-refractivity contribution in [3.8, 4) is 35.8 Å². The molecule has 146 valence electrons. The number of hydrogen-bond donors (Lipinski definition) is 0. The van der Waals surface area contributed by atoms with E-state index in [4.69, 9.17) is 30.5 Å². The lowest BCUT2D eigenvalue weighted by atomic mass is 10.0. The summed E-state index contributed by atoms with van der Waals surface area (Å²) in [6.45, 7) is 4.14. The van der Waals surface area contributed by atoms with Crippen LogP contribution in [0.1, 0.15) is 25.0 Å². The topological polar surface area (TPSA) is 114 Å². The van der Waals surface area contributed by atoms with E-state index in [0.717, 1.165) is 11.1 Å². The molecule has 0 saturated carbocycles. The minimum Gasteiger partial charge on any atom is -0.490 e. The second-order valence-electron chi connectivity index (χ2n) is 6.19. The highest BCUT2D eigenvalue weighted by molar-refractivity contribution is 5.74. The van der Waals surface area contributed by atoms with Gasteiger partial charge >= 0.3 is 0 Å². The minimum atomic E-state index is 0.0882. The summed E-state index contributed by atoms with van der Waals surface area (Å²) in [5.74, 6) is 1.31. The number of benzene rings is 2. The van der Waals surface area contributed by atoms with Gasteiger partial charge in [-0.3, -0.25) is 0 Å². The summed E-state index contributed by atoms with van der Waals surface area (Å²) in [6.07, 6.45) is 0. The molecule has 2 aromatic carbocycles. The van der Waals surface area contributed by atoms with Crippen LogP contribution in [0.4, 0.5) is 0 Å². The molecule has 0 aliphatic carbocycles. The van der Waals surface area contributed by atoms with Crippen molar-refractivity contribution in [2.24, 2.45) is 0 Å². The molecule has 0 aromatic heterocycles. The molecular weight excluding hydrogens is 376 g/mol. The second kappa shape index (κ2) is 10.7. The third-order valence-corrected chi connectivity index (χ3v) is 4.39. The molecule has 0 bridgehead atoms. The summed E-state index contributed by atoms with van der Waals surface area (Å²) in [4.78, 5) is 0. The zero-order valence-corrected chi connectivity index (χ0v) is 16.6. The van der Waals surface area contributed by atoms with Crippen LogP contribution in [0.25, 0.3) is 11.1 Å². The van der Waals surface area contributed by atoms with Crippen molar-refractivity contribution in [1.29, 1.82) is 21.0 Å². The van der Waals surface area contributed by atoms with Crippen LogP contribution in [0.5, 0.6) is 11.5 Å². The van der Waals surface area contributed by atoms with Crippen LogP contribution in [0.2, 0.25) is 0 Å². The Morgan fingerprint density at radius 2 is 0.900 bits per heavy atom. The zero-order chi connectivity index (χ0) is 21.9. The summed E-state index contributed by atoms with van der Waals surface area (Å²) in [7, 11) is 0. The van der Waals surface area contributed by atoms with Gasteiger partial charge in [0.15, 0.2) is 0 Å². The van der Waals surface area contributed by atoms with E-state index in [2.05, 4.69) is 0 Å². The molecule has 0 aliphatic heterocycles. The molecule has 30 heavy (non-hydrogen) atoms. The van der Waals surface area contributed by atoms with Crippen LogP contribution in [0.3, 0.4) is 0 Å². The van der Waals surface area contributed by atoms with Gasteiger partial charge in [-0.05, 0) is 60.4 Å². The molecule has 0 aliphatic rings. The smallest absolute Gasteiger partial charge is 0.133 e. The number of allylic oxidation sites excluding steroid dienone is 4. The highest BCUT2D eigenvalue weighted by Gasteiger charge is 2.05. The van der Waals surface area contributed by atoms with Crippen LogP contribution < -0.4 is 9.47 Å². The Kier molecular flexibility index (Phi) is 7.78. The van der Waals surface area contributed by atoms with Crippen LogP contribution in [-0.2, 0) is 0 Å². The molecule has 6 nitrogen and oxygen atoms in total. The Morgan fingerprint density at radius 3 is 1.17 bits per heavy atom. The first kappa shape index (κ1) is 21.8. The van der Waals surface area contributed by atoms with Crippen molar-refractivity contribution in [2.75, 3.05) is 13.2 Å². The molecule has 2 aromatic rings. The lowest BCUT2D eigenvalue weighted by molar-refractivity contribution is 0.217. The fraction of sp³-hybridized carbons (Fsp3) is 0.167. The Morgan fingerprint density at radius 1 is 0.600 bits per heavy atom. The average Bonchev–Trinajstić information content (AvgIpc) is 2.79. The summed E-state index contributed by atoms with van der Waals surface area (Å²) in [6, 6.07) is 21.8.